The Hall–Kier alpha value is -3.32. The Morgan fingerprint density at radius 3 is 2.12 bits per heavy atom. The highest BCUT2D eigenvalue weighted by Crippen LogP contribution is 2.24. The Labute approximate surface area is 187 Å². The van der Waals surface area contributed by atoms with Gasteiger partial charge in [0.15, 0.2) is 0 Å². The number of carbonyl (C=O) groups is 2. The standard InChI is InChI=1S/C25H28N4O3/c30-24(26-10-12-27(13-11-26)25(31)28-14-16-32-17-15-28)22-19-29(18-20-6-2-1-3-7-20)23-9-5-4-8-21(22)23/h1-9,19H,10-18H2. The highest BCUT2D eigenvalue weighted by Gasteiger charge is 2.29. The van der Waals surface area contributed by atoms with E-state index >= 15 is 0 Å². The van der Waals surface area contributed by atoms with Gasteiger partial charge >= 0.3 is 6.03 Å². The second-order valence-electron chi connectivity index (χ2n) is 8.33. The first-order chi connectivity index (χ1) is 15.7. The van der Waals surface area contributed by atoms with Crippen LogP contribution in [0.2, 0.25) is 0 Å². The van der Waals surface area contributed by atoms with Crippen molar-refractivity contribution < 1.29 is 14.3 Å². The number of amides is 3. The summed E-state index contributed by atoms with van der Waals surface area (Å²) < 4.78 is 7.49. The van der Waals surface area contributed by atoms with Crippen LogP contribution >= 0.6 is 0 Å². The Kier molecular flexibility index (Phi) is 5.81. The van der Waals surface area contributed by atoms with Gasteiger partial charge in [0.25, 0.3) is 5.91 Å². The number of para-hydroxylation sites is 1. The first-order valence-electron chi connectivity index (χ1n) is 11.2. The number of rotatable bonds is 3. The maximum Gasteiger partial charge on any atom is 0.320 e. The van der Waals surface area contributed by atoms with E-state index < -0.39 is 0 Å². The zero-order chi connectivity index (χ0) is 21.9. The molecule has 166 valence electrons. The number of hydrogen-bond donors (Lipinski definition) is 0. The van der Waals surface area contributed by atoms with Crippen LogP contribution in [-0.2, 0) is 11.3 Å². The van der Waals surface area contributed by atoms with Crippen LogP contribution in [0.15, 0.2) is 60.8 Å². The molecule has 5 rings (SSSR count). The Balaban J connectivity index is 1.30. The third-order valence-electron chi connectivity index (χ3n) is 6.33. The smallest absolute Gasteiger partial charge is 0.320 e. The number of carbonyl (C=O) groups excluding carboxylic acids is 2. The van der Waals surface area contributed by atoms with Crippen LogP contribution in [0.1, 0.15) is 15.9 Å². The summed E-state index contributed by atoms with van der Waals surface area (Å²) in [6.45, 7) is 5.40. The van der Waals surface area contributed by atoms with Gasteiger partial charge in [-0.25, -0.2) is 4.79 Å². The third-order valence-corrected chi connectivity index (χ3v) is 6.33. The average molecular weight is 433 g/mol. The predicted molar refractivity (Wildman–Crippen MR) is 123 cm³/mol. The van der Waals surface area contributed by atoms with Crippen LogP contribution in [0.3, 0.4) is 0 Å². The van der Waals surface area contributed by atoms with Gasteiger partial charge in [0.05, 0.1) is 18.8 Å². The van der Waals surface area contributed by atoms with Crippen molar-refractivity contribution in [1.82, 2.24) is 19.3 Å². The topological polar surface area (TPSA) is 58.0 Å². The molecule has 0 bridgehead atoms. The summed E-state index contributed by atoms with van der Waals surface area (Å²) in [5.74, 6) is 0.0338. The number of nitrogens with zero attached hydrogens (tertiary/aromatic N) is 4. The van der Waals surface area contributed by atoms with Gasteiger partial charge in [0.2, 0.25) is 0 Å². The van der Waals surface area contributed by atoms with Crippen molar-refractivity contribution >= 4 is 22.8 Å². The van der Waals surface area contributed by atoms with Gasteiger partial charge in [-0.15, -0.1) is 0 Å². The lowest BCUT2D eigenvalue weighted by molar-refractivity contribution is 0.0363. The van der Waals surface area contributed by atoms with E-state index in [1.54, 1.807) is 0 Å². The van der Waals surface area contributed by atoms with E-state index in [0.29, 0.717) is 52.5 Å². The largest absolute Gasteiger partial charge is 0.378 e. The molecule has 3 aromatic rings. The highest BCUT2D eigenvalue weighted by atomic mass is 16.5. The lowest BCUT2D eigenvalue weighted by atomic mass is 10.1. The molecule has 0 saturated carbocycles. The minimum atomic E-state index is 0.0338. The van der Waals surface area contributed by atoms with Gasteiger partial charge in [-0.1, -0.05) is 48.5 Å². The zero-order valence-corrected chi connectivity index (χ0v) is 18.2. The second-order valence-corrected chi connectivity index (χ2v) is 8.33. The molecule has 0 N–H and O–H groups in total. The molecular formula is C25H28N4O3. The molecule has 0 spiro atoms. The number of fused-ring (bicyclic) bond motifs is 1. The van der Waals surface area contributed by atoms with Crippen molar-refractivity contribution in [2.45, 2.75) is 6.54 Å². The molecule has 0 aliphatic carbocycles. The number of piperazine rings is 1. The van der Waals surface area contributed by atoms with Gasteiger partial charge in [0, 0.05) is 62.9 Å². The molecule has 2 fully saturated rings. The summed E-state index contributed by atoms with van der Waals surface area (Å²) in [7, 11) is 0. The Bertz CT molecular complexity index is 1100. The van der Waals surface area contributed by atoms with Crippen LogP contribution in [-0.4, -0.2) is 83.7 Å². The van der Waals surface area contributed by atoms with Crippen molar-refractivity contribution in [2.24, 2.45) is 0 Å². The molecule has 1 aromatic heterocycles. The quantitative estimate of drug-likeness (QED) is 0.640. The van der Waals surface area contributed by atoms with Crippen molar-refractivity contribution in [2.75, 3.05) is 52.5 Å². The molecule has 0 unspecified atom stereocenters. The number of morpholine rings is 1. The maximum absolute atomic E-state index is 13.4. The first-order valence-corrected chi connectivity index (χ1v) is 11.2. The summed E-state index contributed by atoms with van der Waals surface area (Å²) in [5.41, 5.74) is 2.98. The molecular weight excluding hydrogens is 404 g/mol. The molecule has 7 heteroatoms. The van der Waals surface area contributed by atoms with E-state index in [2.05, 4.69) is 22.8 Å². The van der Waals surface area contributed by atoms with Crippen molar-refractivity contribution in [3.8, 4) is 0 Å². The monoisotopic (exact) mass is 432 g/mol. The average Bonchev–Trinajstić information content (AvgIpc) is 3.23. The lowest BCUT2D eigenvalue weighted by Gasteiger charge is -2.38. The van der Waals surface area contributed by atoms with E-state index in [4.69, 9.17) is 4.74 Å². The van der Waals surface area contributed by atoms with Gasteiger partial charge < -0.3 is 24.0 Å². The number of hydrogen-bond acceptors (Lipinski definition) is 3. The minimum Gasteiger partial charge on any atom is -0.378 e. The molecule has 2 aliphatic rings. The Morgan fingerprint density at radius 2 is 1.38 bits per heavy atom. The molecule has 32 heavy (non-hydrogen) atoms. The molecule has 2 saturated heterocycles. The van der Waals surface area contributed by atoms with Crippen LogP contribution in [0.5, 0.6) is 0 Å². The fourth-order valence-corrected chi connectivity index (χ4v) is 4.55. The molecule has 0 radical (unpaired) electrons. The third kappa shape index (κ3) is 4.08. The zero-order valence-electron chi connectivity index (χ0n) is 18.2. The predicted octanol–water partition coefficient (Wildman–Crippen LogP) is 2.90. The van der Waals surface area contributed by atoms with Crippen molar-refractivity contribution in [3.05, 3.63) is 71.9 Å². The van der Waals surface area contributed by atoms with Crippen LogP contribution in [0, 0.1) is 0 Å². The summed E-state index contributed by atoms with van der Waals surface area (Å²) >= 11 is 0. The van der Waals surface area contributed by atoms with E-state index in [1.165, 1.54) is 5.56 Å². The van der Waals surface area contributed by atoms with E-state index in [1.807, 2.05) is 57.3 Å². The van der Waals surface area contributed by atoms with Gasteiger partial charge in [0.1, 0.15) is 0 Å². The summed E-state index contributed by atoms with van der Waals surface area (Å²) in [4.78, 5) is 31.8. The normalized spacial score (nSPS) is 17.1. The SMILES string of the molecule is O=C(c1cn(Cc2ccccc2)c2ccccc12)N1CCN(C(=O)N2CCOCC2)CC1. The van der Waals surface area contributed by atoms with Gasteiger partial charge in [-0.3, -0.25) is 4.79 Å². The van der Waals surface area contributed by atoms with Crippen molar-refractivity contribution in [3.63, 3.8) is 0 Å². The molecule has 7 nitrogen and oxygen atoms in total. The number of urea groups is 1. The number of aromatic nitrogens is 1. The van der Waals surface area contributed by atoms with E-state index in [-0.39, 0.29) is 11.9 Å². The summed E-state index contributed by atoms with van der Waals surface area (Å²) in [6.07, 6.45) is 1.98. The van der Waals surface area contributed by atoms with E-state index in [9.17, 15) is 9.59 Å². The van der Waals surface area contributed by atoms with Gasteiger partial charge in [-0.2, -0.15) is 0 Å². The lowest BCUT2D eigenvalue weighted by Crippen LogP contribution is -2.55. The molecule has 3 amide bonds. The molecule has 3 heterocycles. The molecule has 2 aromatic carbocycles. The minimum absolute atomic E-state index is 0.0338. The first kappa shape index (κ1) is 20.6. The van der Waals surface area contributed by atoms with Crippen LogP contribution < -0.4 is 0 Å². The Morgan fingerprint density at radius 1 is 0.750 bits per heavy atom. The molecule has 2 aliphatic heterocycles. The van der Waals surface area contributed by atoms with Gasteiger partial charge in [-0.05, 0) is 11.6 Å². The van der Waals surface area contributed by atoms with Crippen LogP contribution in [0.4, 0.5) is 4.79 Å². The fourth-order valence-electron chi connectivity index (χ4n) is 4.55. The highest BCUT2D eigenvalue weighted by molar-refractivity contribution is 6.07. The fraction of sp³-hybridized carbons (Fsp3) is 0.360. The van der Waals surface area contributed by atoms with Crippen LogP contribution in [0.25, 0.3) is 10.9 Å². The number of ether oxygens (including phenoxy) is 1. The van der Waals surface area contributed by atoms with E-state index in [0.717, 1.165) is 23.0 Å². The van der Waals surface area contributed by atoms with Crippen molar-refractivity contribution in [1.29, 1.82) is 0 Å². The maximum atomic E-state index is 13.4. The number of benzene rings is 2. The summed E-state index contributed by atoms with van der Waals surface area (Å²) in [6, 6.07) is 18.4. The second kappa shape index (κ2) is 9.04. The summed E-state index contributed by atoms with van der Waals surface area (Å²) in [5, 5.41) is 0.972. The molecule has 0 atom stereocenters.